The zero-order chi connectivity index (χ0) is 18.8. The largest absolute Gasteiger partial charge is 0.497 e. The average Bonchev–Trinajstić information content (AvgIpc) is 2.65. The maximum absolute atomic E-state index is 11.9. The third kappa shape index (κ3) is 6.11. The topological polar surface area (TPSA) is 68.8 Å². The Kier molecular flexibility index (Phi) is 7.47. The van der Waals surface area contributed by atoms with E-state index in [1.54, 1.807) is 44.6 Å². The Balaban J connectivity index is 1.77. The molecule has 0 unspecified atom stereocenters. The van der Waals surface area contributed by atoms with Crippen LogP contribution < -0.4 is 24.8 Å². The molecule has 0 aliphatic carbocycles. The Morgan fingerprint density at radius 1 is 1.08 bits per heavy atom. The number of ether oxygens (including phenoxy) is 3. The van der Waals surface area contributed by atoms with Crippen molar-refractivity contribution in [3.05, 3.63) is 47.5 Å². The van der Waals surface area contributed by atoms with Gasteiger partial charge in [0.15, 0.2) is 0 Å². The first-order valence-corrected chi connectivity index (χ1v) is 8.11. The number of carbonyl (C=O) groups excluding carboxylic acids is 1. The predicted molar refractivity (Wildman–Crippen MR) is 101 cm³/mol. The van der Waals surface area contributed by atoms with Gasteiger partial charge >= 0.3 is 6.03 Å². The van der Waals surface area contributed by atoms with E-state index in [-0.39, 0.29) is 19.2 Å². The number of anilines is 1. The second-order valence-electron chi connectivity index (χ2n) is 4.98. The summed E-state index contributed by atoms with van der Waals surface area (Å²) in [5.74, 6) is 7.33. The molecule has 26 heavy (non-hydrogen) atoms. The van der Waals surface area contributed by atoms with Gasteiger partial charge < -0.3 is 24.8 Å². The minimum Gasteiger partial charge on any atom is -0.497 e. The molecule has 2 amide bonds. The molecule has 0 fully saturated rings. The van der Waals surface area contributed by atoms with Gasteiger partial charge in [-0.05, 0) is 12.1 Å². The Labute approximate surface area is 157 Å². The monoisotopic (exact) mass is 374 g/mol. The molecule has 7 heteroatoms. The van der Waals surface area contributed by atoms with Crippen LogP contribution >= 0.6 is 11.6 Å². The molecule has 0 saturated heterocycles. The van der Waals surface area contributed by atoms with E-state index in [1.165, 1.54) is 0 Å². The maximum Gasteiger partial charge on any atom is 0.319 e. The lowest BCUT2D eigenvalue weighted by molar-refractivity contribution is 0.253. The first kappa shape index (κ1) is 19.3. The van der Waals surface area contributed by atoms with Gasteiger partial charge in [0.25, 0.3) is 0 Å². The van der Waals surface area contributed by atoms with E-state index in [4.69, 9.17) is 25.8 Å². The molecule has 6 nitrogen and oxygen atoms in total. The van der Waals surface area contributed by atoms with Crippen molar-refractivity contribution in [3.63, 3.8) is 0 Å². The second kappa shape index (κ2) is 10.1. The molecule has 0 saturated carbocycles. The van der Waals surface area contributed by atoms with Gasteiger partial charge in [-0.1, -0.05) is 35.6 Å². The number of carbonyl (C=O) groups is 1. The van der Waals surface area contributed by atoms with Gasteiger partial charge in [0.1, 0.15) is 23.9 Å². The number of benzene rings is 2. The van der Waals surface area contributed by atoms with E-state index < -0.39 is 0 Å². The summed E-state index contributed by atoms with van der Waals surface area (Å²) in [7, 11) is 3.08. The molecule has 2 aromatic rings. The summed E-state index contributed by atoms with van der Waals surface area (Å²) < 4.78 is 15.7. The van der Waals surface area contributed by atoms with Crippen LogP contribution in [-0.2, 0) is 0 Å². The lowest BCUT2D eigenvalue weighted by atomic mass is 10.3. The Morgan fingerprint density at radius 2 is 1.77 bits per heavy atom. The van der Waals surface area contributed by atoms with Crippen LogP contribution in [0.15, 0.2) is 42.5 Å². The number of urea groups is 1. The highest BCUT2D eigenvalue weighted by Gasteiger charge is 2.05. The van der Waals surface area contributed by atoms with Crippen LogP contribution in [-0.4, -0.2) is 33.4 Å². The van der Waals surface area contributed by atoms with E-state index in [1.807, 2.05) is 12.1 Å². The summed E-state index contributed by atoms with van der Waals surface area (Å²) in [5.41, 5.74) is 0.550. The van der Waals surface area contributed by atoms with E-state index >= 15 is 0 Å². The summed E-state index contributed by atoms with van der Waals surface area (Å²) in [5, 5.41) is 5.85. The number of nitrogens with one attached hydrogen (secondary N) is 2. The first-order valence-electron chi connectivity index (χ1n) is 7.73. The molecule has 2 N–H and O–H groups in total. The molecule has 2 aromatic carbocycles. The molecule has 0 spiro atoms. The SMILES string of the molecule is COc1cc(NC(=O)NCC#CCOc2ccccc2Cl)cc(OC)c1. The highest BCUT2D eigenvalue weighted by molar-refractivity contribution is 6.32. The van der Waals surface area contributed by atoms with Crippen molar-refractivity contribution >= 4 is 23.3 Å². The van der Waals surface area contributed by atoms with Crippen LogP contribution in [0.3, 0.4) is 0 Å². The van der Waals surface area contributed by atoms with Crippen LogP contribution in [0.25, 0.3) is 0 Å². The molecule has 0 atom stereocenters. The molecule has 0 heterocycles. The smallest absolute Gasteiger partial charge is 0.319 e. The highest BCUT2D eigenvalue weighted by atomic mass is 35.5. The number of hydrogen-bond acceptors (Lipinski definition) is 4. The van der Waals surface area contributed by atoms with Crippen molar-refractivity contribution in [3.8, 4) is 29.1 Å². The minimum absolute atomic E-state index is 0.179. The maximum atomic E-state index is 11.9. The van der Waals surface area contributed by atoms with E-state index in [2.05, 4.69) is 22.5 Å². The van der Waals surface area contributed by atoms with Crippen molar-refractivity contribution in [2.75, 3.05) is 32.7 Å². The van der Waals surface area contributed by atoms with Crippen LogP contribution in [0.1, 0.15) is 0 Å². The van der Waals surface area contributed by atoms with Gasteiger partial charge in [0, 0.05) is 23.9 Å². The Bertz CT molecular complexity index is 792. The summed E-state index contributed by atoms with van der Waals surface area (Å²) in [6, 6.07) is 11.9. The van der Waals surface area contributed by atoms with Crippen molar-refractivity contribution in [1.82, 2.24) is 5.32 Å². The van der Waals surface area contributed by atoms with Crippen molar-refractivity contribution < 1.29 is 19.0 Å². The predicted octanol–water partition coefficient (Wildman–Crippen LogP) is 3.56. The molecule has 0 bridgehead atoms. The summed E-state index contributed by atoms with van der Waals surface area (Å²) >= 11 is 5.97. The third-order valence-electron chi connectivity index (χ3n) is 3.21. The zero-order valence-corrected chi connectivity index (χ0v) is 15.2. The van der Waals surface area contributed by atoms with Gasteiger partial charge in [-0.15, -0.1) is 0 Å². The normalized spacial score (nSPS) is 9.50. The number of amides is 2. The molecule has 0 aliphatic rings. The van der Waals surface area contributed by atoms with Crippen molar-refractivity contribution in [1.29, 1.82) is 0 Å². The number of para-hydroxylation sites is 1. The lowest BCUT2D eigenvalue weighted by Gasteiger charge is -2.09. The van der Waals surface area contributed by atoms with E-state index in [0.29, 0.717) is 28.0 Å². The van der Waals surface area contributed by atoms with E-state index in [9.17, 15) is 4.79 Å². The number of methoxy groups -OCH3 is 2. The summed E-state index contributed by atoms with van der Waals surface area (Å²) in [6.07, 6.45) is 0. The molecular weight excluding hydrogens is 356 g/mol. The average molecular weight is 375 g/mol. The molecular formula is C19H19ClN2O4. The quantitative estimate of drug-likeness (QED) is 0.758. The molecule has 136 valence electrons. The fourth-order valence-corrected chi connectivity index (χ4v) is 2.16. The fourth-order valence-electron chi connectivity index (χ4n) is 1.97. The summed E-state index contributed by atoms with van der Waals surface area (Å²) in [6.45, 7) is 0.360. The number of hydrogen-bond donors (Lipinski definition) is 2. The Hall–Kier alpha value is -3.04. The molecule has 0 aromatic heterocycles. The van der Waals surface area contributed by atoms with Gasteiger partial charge in [-0.3, -0.25) is 0 Å². The van der Waals surface area contributed by atoms with Crippen LogP contribution in [0.2, 0.25) is 5.02 Å². The minimum atomic E-state index is -0.387. The van der Waals surface area contributed by atoms with Crippen molar-refractivity contribution in [2.45, 2.75) is 0 Å². The third-order valence-corrected chi connectivity index (χ3v) is 3.52. The molecule has 0 aliphatic heterocycles. The fraction of sp³-hybridized carbons (Fsp3) is 0.211. The van der Waals surface area contributed by atoms with Crippen LogP contribution in [0.5, 0.6) is 17.2 Å². The lowest BCUT2D eigenvalue weighted by Crippen LogP contribution is -2.29. The van der Waals surface area contributed by atoms with Crippen molar-refractivity contribution in [2.24, 2.45) is 0 Å². The second-order valence-corrected chi connectivity index (χ2v) is 5.39. The molecule has 0 radical (unpaired) electrons. The Morgan fingerprint density at radius 3 is 2.42 bits per heavy atom. The van der Waals surface area contributed by atoms with Crippen LogP contribution in [0.4, 0.5) is 10.5 Å². The highest BCUT2D eigenvalue weighted by Crippen LogP contribution is 2.25. The first-order chi connectivity index (χ1) is 12.6. The van der Waals surface area contributed by atoms with Gasteiger partial charge in [0.2, 0.25) is 0 Å². The number of halogens is 1. The molecule has 2 rings (SSSR count). The van der Waals surface area contributed by atoms with Gasteiger partial charge in [-0.2, -0.15) is 0 Å². The standard InChI is InChI=1S/C19H19ClN2O4/c1-24-15-11-14(12-16(13-15)25-2)22-19(23)21-9-5-6-10-26-18-8-4-3-7-17(18)20/h3-4,7-8,11-13H,9-10H2,1-2H3,(H2,21,22,23). The zero-order valence-electron chi connectivity index (χ0n) is 14.5. The van der Waals surface area contributed by atoms with Crippen LogP contribution in [0, 0.1) is 11.8 Å². The summed E-state index contributed by atoms with van der Waals surface area (Å²) in [4.78, 5) is 11.9. The number of rotatable bonds is 6. The van der Waals surface area contributed by atoms with Gasteiger partial charge in [0.05, 0.1) is 25.8 Å². The van der Waals surface area contributed by atoms with E-state index in [0.717, 1.165) is 0 Å². The van der Waals surface area contributed by atoms with Gasteiger partial charge in [-0.25, -0.2) is 4.79 Å².